The minimum atomic E-state index is -0.986. The van der Waals surface area contributed by atoms with Crippen LogP contribution in [0.4, 0.5) is 0 Å². The third-order valence-corrected chi connectivity index (χ3v) is 4.43. The summed E-state index contributed by atoms with van der Waals surface area (Å²) in [4.78, 5) is 18.2. The summed E-state index contributed by atoms with van der Waals surface area (Å²) in [7, 11) is 0. The van der Waals surface area contributed by atoms with Crippen molar-refractivity contribution in [1.82, 2.24) is 4.90 Å². The van der Waals surface area contributed by atoms with Gasteiger partial charge in [-0.25, -0.2) is 0 Å². The highest BCUT2D eigenvalue weighted by molar-refractivity contribution is 6.08. The molecular weight excluding hydrogens is 264 g/mol. The molecule has 1 aliphatic carbocycles. The molecule has 4 heteroatoms. The Balaban J connectivity index is 1.95. The van der Waals surface area contributed by atoms with Gasteiger partial charge in [0.1, 0.15) is 5.84 Å². The molecule has 21 heavy (non-hydrogen) atoms. The van der Waals surface area contributed by atoms with Crippen LogP contribution in [0.2, 0.25) is 0 Å². The van der Waals surface area contributed by atoms with Gasteiger partial charge in [0.25, 0.3) is 5.91 Å². The van der Waals surface area contributed by atoms with Crippen molar-refractivity contribution in [2.45, 2.75) is 51.2 Å². The van der Waals surface area contributed by atoms with Crippen LogP contribution in [0.15, 0.2) is 29.3 Å². The van der Waals surface area contributed by atoms with E-state index in [1.165, 1.54) is 19.3 Å². The molecule has 1 unspecified atom stereocenters. The maximum absolute atomic E-state index is 11.8. The second-order valence-electron chi connectivity index (χ2n) is 6.10. The third-order valence-electron chi connectivity index (χ3n) is 4.43. The predicted octanol–water partition coefficient (Wildman–Crippen LogP) is 2.28. The van der Waals surface area contributed by atoms with Crippen LogP contribution < -0.4 is 0 Å². The monoisotopic (exact) mass is 286 g/mol. The maximum Gasteiger partial charge on any atom is 0.278 e. The van der Waals surface area contributed by atoms with Crippen LogP contribution in [0, 0.1) is 6.92 Å². The Labute approximate surface area is 125 Å². The lowest BCUT2D eigenvalue weighted by atomic mass is 9.92. The Morgan fingerprint density at radius 3 is 2.71 bits per heavy atom. The first-order valence-electron chi connectivity index (χ1n) is 7.79. The molecule has 1 amide bonds. The van der Waals surface area contributed by atoms with Crippen LogP contribution in [-0.4, -0.2) is 40.4 Å². The fraction of sp³-hybridized carbons (Fsp3) is 0.529. The first-order chi connectivity index (χ1) is 10.1. The zero-order valence-corrected chi connectivity index (χ0v) is 12.5. The van der Waals surface area contributed by atoms with Gasteiger partial charge in [0.2, 0.25) is 0 Å². The lowest BCUT2D eigenvalue weighted by Gasteiger charge is -2.39. The Kier molecular flexibility index (Phi) is 4.06. The smallest absolute Gasteiger partial charge is 0.278 e. The molecule has 1 heterocycles. The number of nitrogens with zero attached hydrogens (tertiary/aromatic N) is 2. The number of hydrogen-bond donors (Lipinski definition) is 1. The number of aliphatic hydroxyl groups is 1. The number of rotatable bonds is 2. The number of carbonyl (C=O) groups is 1. The minimum absolute atomic E-state index is 0.371. The van der Waals surface area contributed by atoms with Crippen molar-refractivity contribution in [2.75, 3.05) is 6.54 Å². The summed E-state index contributed by atoms with van der Waals surface area (Å²) >= 11 is 0. The van der Waals surface area contributed by atoms with Gasteiger partial charge in [0.15, 0.2) is 6.10 Å². The Morgan fingerprint density at radius 2 is 2.00 bits per heavy atom. The quantitative estimate of drug-likeness (QED) is 0.907. The van der Waals surface area contributed by atoms with Gasteiger partial charge >= 0.3 is 0 Å². The number of amidine groups is 1. The van der Waals surface area contributed by atoms with Gasteiger partial charge < -0.3 is 10.0 Å². The summed E-state index contributed by atoms with van der Waals surface area (Å²) in [5.41, 5.74) is 2.12. The number of amides is 1. The van der Waals surface area contributed by atoms with E-state index in [1.54, 1.807) is 0 Å². The van der Waals surface area contributed by atoms with Crippen LogP contribution in [-0.2, 0) is 4.79 Å². The van der Waals surface area contributed by atoms with Crippen LogP contribution in [0.5, 0.6) is 0 Å². The predicted molar refractivity (Wildman–Crippen MR) is 82.3 cm³/mol. The fourth-order valence-electron chi connectivity index (χ4n) is 3.32. The van der Waals surface area contributed by atoms with E-state index in [4.69, 9.17) is 0 Å². The minimum Gasteiger partial charge on any atom is -0.381 e. The molecule has 0 radical (unpaired) electrons. The standard InChI is InChI=1S/C17H22N2O2/c1-12-6-5-7-13(10-12)16-18-17(21)15(20)11-19(16)14-8-3-2-4-9-14/h5-7,10,14-15,20H,2-4,8-9,11H2,1H3. The molecule has 1 atom stereocenters. The largest absolute Gasteiger partial charge is 0.381 e. The molecule has 0 spiro atoms. The molecule has 1 saturated carbocycles. The fourth-order valence-corrected chi connectivity index (χ4v) is 3.32. The van der Waals surface area contributed by atoms with Gasteiger partial charge in [-0.2, -0.15) is 4.99 Å². The summed E-state index contributed by atoms with van der Waals surface area (Å²) < 4.78 is 0. The van der Waals surface area contributed by atoms with Gasteiger partial charge in [0.05, 0.1) is 6.54 Å². The molecule has 0 saturated heterocycles. The number of carbonyl (C=O) groups excluding carboxylic acids is 1. The molecule has 0 aromatic heterocycles. The summed E-state index contributed by atoms with van der Waals surface area (Å²) in [5.74, 6) is 0.319. The van der Waals surface area contributed by atoms with Crippen molar-refractivity contribution in [2.24, 2.45) is 4.99 Å². The number of benzene rings is 1. The van der Waals surface area contributed by atoms with Crippen molar-refractivity contribution in [3.05, 3.63) is 35.4 Å². The van der Waals surface area contributed by atoms with E-state index in [-0.39, 0.29) is 0 Å². The van der Waals surface area contributed by atoms with Gasteiger partial charge in [-0.05, 0) is 25.8 Å². The van der Waals surface area contributed by atoms with Gasteiger partial charge in [-0.1, -0.05) is 43.0 Å². The van der Waals surface area contributed by atoms with Crippen LogP contribution in [0.1, 0.15) is 43.2 Å². The summed E-state index contributed by atoms with van der Waals surface area (Å²) in [5, 5.41) is 9.90. The summed E-state index contributed by atoms with van der Waals surface area (Å²) in [6.07, 6.45) is 4.96. The zero-order chi connectivity index (χ0) is 14.8. The van der Waals surface area contributed by atoms with Gasteiger partial charge in [-0.15, -0.1) is 0 Å². The topological polar surface area (TPSA) is 52.9 Å². The first-order valence-corrected chi connectivity index (χ1v) is 7.79. The average molecular weight is 286 g/mol. The van der Waals surface area contributed by atoms with E-state index in [0.717, 1.165) is 29.8 Å². The van der Waals surface area contributed by atoms with Crippen molar-refractivity contribution in [1.29, 1.82) is 0 Å². The normalized spacial score (nSPS) is 24.1. The van der Waals surface area contributed by atoms with E-state index in [9.17, 15) is 9.90 Å². The first kappa shape index (κ1) is 14.3. The average Bonchev–Trinajstić information content (AvgIpc) is 2.50. The number of aliphatic hydroxyl groups excluding tert-OH is 1. The SMILES string of the molecule is Cc1cccc(C2=NC(=O)C(O)CN2C2CCCCC2)c1. The second-order valence-corrected chi connectivity index (χ2v) is 6.10. The van der Waals surface area contributed by atoms with E-state index in [0.29, 0.717) is 12.6 Å². The molecule has 1 aliphatic heterocycles. The van der Waals surface area contributed by atoms with E-state index in [2.05, 4.69) is 16.0 Å². The Hall–Kier alpha value is -1.68. The number of aliphatic imine (C=N–C) groups is 1. The van der Waals surface area contributed by atoms with Crippen molar-refractivity contribution in [3.63, 3.8) is 0 Å². The van der Waals surface area contributed by atoms with Gasteiger partial charge in [-0.3, -0.25) is 4.79 Å². The number of β-amino-alcohol motifs (C(OH)–C–C–N with tert-alkyl or cyclic N) is 1. The second kappa shape index (κ2) is 5.98. The molecule has 4 nitrogen and oxygen atoms in total. The van der Waals surface area contributed by atoms with E-state index in [1.807, 2.05) is 25.1 Å². The van der Waals surface area contributed by atoms with Crippen LogP contribution in [0.3, 0.4) is 0 Å². The third kappa shape index (κ3) is 3.00. The molecule has 1 fully saturated rings. The Bertz CT molecular complexity index is 562. The van der Waals surface area contributed by atoms with Gasteiger partial charge in [0, 0.05) is 11.6 Å². The maximum atomic E-state index is 11.8. The molecule has 1 N–H and O–H groups in total. The summed E-state index contributed by atoms with van der Waals surface area (Å²) in [6.45, 7) is 2.41. The van der Waals surface area contributed by atoms with E-state index < -0.39 is 12.0 Å². The highest BCUT2D eigenvalue weighted by Gasteiger charge is 2.33. The molecule has 1 aromatic rings. The van der Waals surface area contributed by atoms with Crippen molar-refractivity contribution < 1.29 is 9.90 Å². The molecular formula is C17H22N2O2. The van der Waals surface area contributed by atoms with Crippen LogP contribution in [0.25, 0.3) is 0 Å². The molecule has 0 bridgehead atoms. The lowest BCUT2D eigenvalue weighted by Crippen LogP contribution is -2.51. The Morgan fingerprint density at radius 1 is 1.24 bits per heavy atom. The zero-order valence-electron chi connectivity index (χ0n) is 12.5. The summed E-state index contributed by atoms with van der Waals surface area (Å²) in [6, 6.07) is 8.46. The molecule has 2 aliphatic rings. The number of hydrogen-bond acceptors (Lipinski definition) is 3. The van der Waals surface area contributed by atoms with Crippen molar-refractivity contribution >= 4 is 11.7 Å². The number of aryl methyl sites for hydroxylation is 1. The van der Waals surface area contributed by atoms with E-state index >= 15 is 0 Å². The van der Waals surface area contributed by atoms with Crippen molar-refractivity contribution in [3.8, 4) is 0 Å². The molecule has 3 rings (SSSR count). The lowest BCUT2D eigenvalue weighted by molar-refractivity contribution is -0.127. The van der Waals surface area contributed by atoms with Crippen LogP contribution >= 0.6 is 0 Å². The molecule has 1 aromatic carbocycles. The molecule has 112 valence electrons. The highest BCUT2D eigenvalue weighted by atomic mass is 16.3. The highest BCUT2D eigenvalue weighted by Crippen LogP contribution is 2.26.